The molecule has 0 saturated carbocycles. The summed E-state index contributed by atoms with van der Waals surface area (Å²) in [7, 11) is 0. The Kier molecular flexibility index (Phi) is 12.6. The highest BCUT2D eigenvalue weighted by atomic mass is 16.3. The van der Waals surface area contributed by atoms with Gasteiger partial charge in [-0.3, -0.25) is 0 Å². The number of anilines is 6. The van der Waals surface area contributed by atoms with Gasteiger partial charge in [0.05, 0.1) is 27.6 Å². The third-order valence-electron chi connectivity index (χ3n) is 22.1. The van der Waals surface area contributed by atoms with Crippen LogP contribution in [0.25, 0.3) is 132 Å². The molecule has 3 aromatic heterocycles. The van der Waals surface area contributed by atoms with Crippen molar-refractivity contribution in [3.05, 3.63) is 336 Å². The van der Waals surface area contributed by atoms with E-state index in [9.17, 15) is 0 Å². The second kappa shape index (κ2) is 21.7. The van der Waals surface area contributed by atoms with Gasteiger partial charge in [0, 0.05) is 55.4 Å². The van der Waals surface area contributed by atoms with Crippen LogP contribution in [0.5, 0.6) is 0 Å². The maximum absolute atomic E-state index is 7.78. The summed E-state index contributed by atoms with van der Waals surface area (Å²) >= 11 is 0. The zero-order valence-electron chi connectivity index (χ0n) is 57.4. The zero-order chi connectivity index (χ0) is 67.8. The van der Waals surface area contributed by atoms with Crippen molar-refractivity contribution in [3.63, 3.8) is 0 Å². The number of rotatable bonds is 8. The van der Waals surface area contributed by atoms with E-state index in [1.807, 2.05) is 0 Å². The van der Waals surface area contributed by atoms with Gasteiger partial charge in [0.15, 0.2) is 0 Å². The van der Waals surface area contributed by atoms with Crippen molar-refractivity contribution in [2.75, 3.05) is 9.80 Å². The van der Waals surface area contributed by atoms with Crippen LogP contribution in [0.2, 0.25) is 0 Å². The maximum atomic E-state index is 7.78. The lowest BCUT2D eigenvalue weighted by molar-refractivity contribution is 0.590. The highest BCUT2D eigenvalue weighted by Crippen LogP contribution is 2.69. The molecule has 5 nitrogen and oxygen atoms in total. The molecule has 0 saturated heterocycles. The molecular formula is C96H70N2O3. The van der Waals surface area contributed by atoms with Crippen LogP contribution < -0.4 is 9.80 Å². The average molecular weight is 1300 g/mol. The third kappa shape index (κ3) is 8.63. The fourth-order valence-electron chi connectivity index (χ4n) is 17.4. The van der Waals surface area contributed by atoms with E-state index in [0.29, 0.717) is 0 Å². The summed E-state index contributed by atoms with van der Waals surface area (Å²) in [5.74, 6) is 0. The minimum absolute atomic E-state index is 0.0792. The lowest BCUT2D eigenvalue weighted by Gasteiger charge is -2.34. The van der Waals surface area contributed by atoms with Crippen molar-refractivity contribution >= 4 is 121 Å². The number of aryl methyl sites for hydroxylation is 1. The first-order valence-electron chi connectivity index (χ1n) is 35.3. The molecule has 18 aromatic rings. The molecule has 0 amide bonds. The average Bonchev–Trinajstić information content (AvgIpc) is 1.48. The lowest BCUT2D eigenvalue weighted by Crippen LogP contribution is -2.27. The van der Waals surface area contributed by atoms with Crippen molar-refractivity contribution in [1.82, 2.24) is 0 Å². The van der Waals surface area contributed by atoms with Gasteiger partial charge in [-0.2, -0.15) is 0 Å². The van der Waals surface area contributed by atoms with Crippen molar-refractivity contribution in [1.29, 1.82) is 0 Å². The van der Waals surface area contributed by atoms with Gasteiger partial charge < -0.3 is 23.1 Å². The molecule has 101 heavy (non-hydrogen) atoms. The number of nitrogens with zero attached hydrogens (tertiary/aromatic N) is 2. The molecule has 0 aliphatic heterocycles. The number of fused-ring (bicyclic) bond motifs is 24. The minimum Gasteiger partial charge on any atom is -0.456 e. The largest absolute Gasteiger partial charge is 0.456 e. The molecule has 482 valence electrons. The van der Waals surface area contributed by atoms with Crippen LogP contribution in [0.4, 0.5) is 34.1 Å². The summed E-state index contributed by atoms with van der Waals surface area (Å²) in [4.78, 5) is 5.02. The van der Waals surface area contributed by atoms with Gasteiger partial charge in [-0.1, -0.05) is 254 Å². The second-order valence-electron chi connectivity index (χ2n) is 29.9. The predicted molar refractivity (Wildman–Crippen MR) is 422 cm³/mol. The molecule has 3 heterocycles. The maximum Gasteiger partial charge on any atom is 0.145 e. The van der Waals surface area contributed by atoms with E-state index >= 15 is 0 Å². The van der Waals surface area contributed by atoms with E-state index in [1.165, 1.54) is 49.4 Å². The van der Waals surface area contributed by atoms with E-state index in [0.717, 1.165) is 156 Å². The molecule has 20 rings (SSSR count). The second-order valence-corrected chi connectivity index (χ2v) is 29.9. The highest BCUT2D eigenvalue weighted by Gasteiger charge is 2.55. The normalized spacial score (nSPS) is 14.1. The number of hydrogen-bond donors (Lipinski definition) is 0. The molecule has 5 heteroatoms. The van der Waals surface area contributed by atoms with Crippen LogP contribution in [0.15, 0.2) is 311 Å². The summed E-state index contributed by atoms with van der Waals surface area (Å²) in [5.41, 5.74) is 27.1. The van der Waals surface area contributed by atoms with Gasteiger partial charge in [-0.15, -0.1) is 0 Å². The topological polar surface area (TPSA) is 45.9 Å². The molecular weight excluding hydrogens is 1230 g/mol. The van der Waals surface area contributed by atoms with Gasteiger partial charge in [0.25, 0.3) is 0 Å². The predicted octanol–water partition coefficient (Wildman–Crippen LogP) is 27.2. The number of hydrogen-bond acceptors (Lipinski definition) is 5. The molecule has 1 spiro atoms. The van der Waals surface area contributed by atoms with E-state index in [4.69, 9.17) is 13.3 Å². The molecule has 0 radical (unpaired) electrons. The number of furan rings is 3. The van der Waals surface area contributed by atoms with Crippen LogP contribution >= 0.6 is 0 Å². The molecule has 2 aliphatic rings. The fourth-order valence-corrected chi connectivity index (χ4v) is 17.4. The van der Waals surface area contributed by atoms with Crippen LogP contribution in [0.1, 0.15) is 80.5 Å². The first-order chi connectivity index (χ1) is 49.3. The molecule has 15 aromatic carbocycles. The van der Waals surface area contributed by atoms with Crippen LogP contribution in [0, 0.1) is 6.92 Å². The first kappa shape index (κ1) is 58.9. The SMILES string of the molecule is Cc1cc(-c2cccc3ccccc23)ccc1N(c1ccc(C(C)(C)C)cc1)c1cc2c(c3oc4ccccc4c13)-c1c(cc(N(c3ccc(-c4cccc5ccccc45)cc3)c3ccc(C(C)(C)C)cc3)c3c1oc1ccccc13)C21c2ccccc2-c2c1ccc1oc3ccccc3c21. The van der Waals surface area contributed by atoms with E-state index in [-0.39, 0.29) is 10.8 Å². The van der Waals surface area contributed by atoms with Crippen molar-refractivity contribution in [2.45, 2.75) is 64.7 Å². The Morgan fingerprint density at radius 2 is 0.713 bits per heavy atom. The monoisotopic (exact) mass is 1300 g/mol. The van der Waals surface area contributed by atoms with Crippen molar-refractivity contribution in [3.8, 4) is 44.5 Å². The van der Waals surface area contributed by atoms with Gasteiger partial charge in [-0.25, -0.2) is 0 Å². The number of benzene rings is 15. The fraction of sp³-hybridized carbons (Fsp3) is 0.104. The first-order valence-corrected chi connectivity index (χ1v) is 35.3. The van der Waals surface area contributed by atoms with Crippen LogP contribution in [0.3, 0.4) is 0 Å². The summed E-state index contributed by atoms with van der Waals surface area (Å²) in [6.07, 6.45) is 0. The molecule has 2 aliphatic carbocycles. The summed E-state index contributed by atoms with van der Waals surface area (Å²) in [6, 6.07) is 110. The minimum atomic E-state index is -0.998. The standard InChI is InChI=1S/C96H70N2O3/c1-57-54-61(70-33-21-25-59-23-9-11-27-68(59)70)40-52-79(57)98(66-49-43-63(44-50-66)95(5,6)7)81-56-78-91(93-88(81)73-30-14-19-37-84(73)101-93)90-77(96(78)75-34-16-12-28-71(75)86-76(96)51-53-85-89(86)74-31-15-17-35-82(74)99-85)55-80(87-72-29-13-18-36-83(72)100-92(87)90)97(65-47-41-62(42-48-65)94(2,3)4)64-45-38-60(39-46-64)69-32-20-24-58-22-8-10-26-67(58)69/h8-56H,1-7H3. The zero-order valence-corrected chi connectivity index (χ0v) is 57.4. The Balaban J connectivity index is 0.934. The third-order valence-corrected chi connectivity index (χ3v) is 22.1. The smallest absolute Gasteiger partial charge is 0.145 e. The van der Waals surface area contributed by atoms with Gasteiger partial charge in [0.1, 0.15) is 33.5 Å². The number of para-hydroxylation sites is 3. The molecule has 0 bridgehead atoms. The Morgan fingerprint density at radius 1 is 0.287 bits per heavy atom. The van der Waals surface area contributed by atoms with Crippen molar-refractivity contribution in [2.24, 2.45) is 0 Å². The van der Waals surface area contributed by atoms with Gasteiger partial charge >= 0.3 is 0 Å². The molecule has 0 N–H and O–H groups in total. The highest BCUT2D eigenvalue weighted by molar-refractivity contribution is 6.26. The Labute approximate surface area is 586 Å². The van der Waals surface area contributed by atoms with Crippen LogP contribution in [-0.2, 0) is 16.2 Å². The van der Waals surface area contributed by atoms with E-state index in [2.05, 4.69) is 356 Å². The van der Waals surface area contributed by atoms with Gasteiger partial charge in [0.2, 0.25) is 0 Å². The summed E-state index contributed by atoms with van der Waals surface area (Å²) in [6.45, 7) is 16.0. The van der Waals surface area contributed by atoms with E-state index in [1.54, 1.807) is 0 Å². The summed E-state index contributed by atoms with van der Waals surface area (Å²) in [5, 5.41) is 11.1. The molecule has 0 fully saturated rings. The van der Waals surface area contributed by atoms with Crippen LogP contribution in [-0.4, -0.2) is 0 Å². The van der Waals surface area contributed by atoms with Gasteiger partial charge in [-0.05, 0) is 197 Å². The molecule has 1 atom stereocenters. The Bertz CT molecular complexity index is 6480. The quantitative estimate of drug-likeness (QED) is 0.152. The van der Waals surface area contributed by atoms with Crippen molar-refractivity contribution < 1.29 is 13.3 Å². The molecule has 1 unspecified atom stereocenters. The lowest BCUT2D eigenvalue weighted by atomic mass is 9.70. The Hall–Kier alpha value is -12.2. The van der Waals surface area contributed by atoms with E-state index < -0.39 is 5.41 Å². The Morgan fingerprint density at radius 3 is 1.26 bits per heavy atom. The summed E-state index contributed by atoms with van der Waals surface area (Å²) < 4.78 is 22.4.